The monoisotopic (exact) mass is 438 g/mol. The second-order valence-electron chi connectivity index (χ2n) is 8.61. The molecule has 2 aliphatic rings. The molecule has 0 aliphatic carbocycles. The van der Waals surface area contributed by atoms with Crippen molar-refractivity contribution in [2.75, 3.05) is 36.4 Å². The Morgan fingerprint density at radius 3 is 2.17 bits per heavy atom. The molecule has 0 unspecified atom stereocenters. The summed E-state index contributed by atoms with van der Waals surface area (Å²) in [7, 11) is -3.29. The molecule has 2 N–H and O–H groups in total. The second-order valence-corrected chi connectivity index (χ2v) is 10.9. The lowest BCUT2D eigenvalue weighted by Gasteiger charge is -2.37. The predicted octanol–water partition coefficient (Wildman–Crippen LogP) is 2.62. The zero-order valence-electron chi connectivity index (χ0n) is 18.3. The van der Waals surface area contributed by atoms with Gasteiger partial charge in [-0.1, -0.05) is 0 Å². The number of ether oxygens (including phenoxy) is 1. The van der Waals surface area contributed by atoms with Crippen molar-refractivity contribution >= 4 is 27.4 Å². The van der Waals surface area contributed by atoms with Gasteiger partial charge in [0.15, 0.2) is 0 Å². The van der Waals surface area contributed by atoms with E-state index in [1.54, 1.807) is 18.7 Å². The van der Waals surface area contributed by atoms with Gasteiger partial charge in [-0.25, -0.2) is 17.9 Å². The number of likely N-dealkylation sites (tertiary alicyclic amines) is 1. The van der Waals surface area contributed by atoms with Crippen LogP contribution < -0.4 is 14.9 Å². The van der Waals surface area contributed by atoms with Crippen LogP contribution in [0.4, 0.5) is 16.2 Å². The number of amides is 2. The van der Waals surface area contributed by atoms with Gasteiger partial charge in [0.1, 0.15) is 0 Å². The number of sulfonamides is 1. The number of piperidine rings is 1. The smallest absolute Gasteiger partial charge is 0.321 e. The van der Waals surface area contributed by atoms with E-state index < -0.39 is 15.3 Å². The summed E-state index contributed by atoms with van der Waals surface area (Å²) >= 11 is 0. The van der Waals surface area contributed by atoms with Crippen LogP contribution in [-0.2, 0) is 14.8 Å². The zero-order valence-corrected chi connectivity index (χ0v) is 19.1. The Balaban J connectivity index is 1.50. The average Bonchev–Trinajstić information content (AvgIpc) is 2.68. The number of nitrogens with one attached hydrogen (secondary N) is 2. The largest absolute Gasteiger partial charge is 0.372 e. The third kappa shape index (κ3) is 5.86. The van der Waals surface area contributed by atoms with Crippen LogP contribution in [0.15, 0.2) is 24.3 Å². The SMILES string of the molecule is CC(C)S(=O)(=O)NC1CCN(C(=O)Nc2ccc(N3C[C@@H](C)O[C@@H](C)C3)cc2)CC1. The highest BCUT2D eigenvalue weighted by Gasteiger charge is 2.27. The molecule has 2 heterocycles. The van der Waals surface area contributed by atoms with Crippen molar-refractivity contribution in [3.8, 4) is 0 Å². The first-order valence-electron chi connectivity index (χ1n) is 10.7. The molecule has 2 saturated heterocycles. The maximum atomic E-state index is 12.6. The van der Waals surface area contributed by atoms with Crippen LogP contribution in [0.5, 0.6) is 0 Å². The van der Waals surface area contributed by atoms with E-state index in [4.69, 9.17) is 4.74 Å². The first-order valence-corrected chi connectivity index (χ1v) is 12.3. The Kier molecular flexibility index (Phi) is 7.26. The van der Waals surface area contributed by atoms with E-state index in [0.29, 0.717) is 25.9 Å². The number of benzene rings is 1. The summed E-state index contributed by atoms with van der Waals surface area (Å²) in [4.78, 5) is 16.6. The summed E-state index contributed by atoms with van der Waals surface area (Å²) in [6, 6.07) is 7.62. The molecule has 0 saturated carbocycles. The molecule has 2 aliphatic heterocycles. The van der Waals surface area contributed by atoms with Crippen LogP contribution in [0.2, 0.25) is 0 Å². The molecule has 2 fully saturated rings. The van der Waals surface area contributed by atoms with Crippen LogP contribution in [0.1, 0.15) is 40.5 Å². The van der Waals surface area contributed by atoms with Crippen LogP contribution in [0.3, 0.4) is 0 Å². The average molecular weight is 439 g/mol. The zero-order chi connectivity index (χ0) is 21.9. The Morgan fingerprint density at radius 2 is 1.63 bits per heavy atom. The maximum Gasteiger partial charge on any atom is 0.321 e. The summed E-state index contributed by atoms with van der Waals surface area (Å²) in [5.74, 6) is 0. The minimum Gasteiger partial charge on any atom is -0.372 e. The number of morpholine rings is 1. The van der Waals surface area contributed by atoms with Gasteiger partial charge >= 0.3 is 6.03 Å². The van der Waals surface area contributed by atoms with Crippen LogP contribution in [-0.4, -0.2) is 69.0 Å². The number of carbonyl (C=O) groups excluding carboxylic acids is 1. The topological polar surface area (TPSA) is 91.0 Å². The molecule has 30 heavy (non-hydrogen) atoms. The number of urea groups is 1. The van der Waals surface area contributed by atoms with Crippen LogP contribution >= 0.6 is 0 Å². The standard InChI is InChI=1S/C21H34N4O4S/c1-15(2)30(27,28)23-19-9-11-24(12-10-19)21(26)22-18-5-7-20(8-6-18)25-13-16(3)29-17(4)14-25/h5-8,15-17,19,23H,9-14H2,1-4H3,(H,22,26)/t16-,17+. The van der Waals surface area contributed by atoms with Gasteiger partial charge < -0.3 is 19.9 Å². The number of hydrogen-bond donors (Lipinski definition) is 2. The van der Waals surface area contributed by atoms with E-state index in [9.17, 15) is 13.2 Å². The van der Waals surface area contributed by atoms with Crippen LogP contribution in [0.25, 0.3) is 0 Å². The third-order valence-corrected chi connectivity index (χ3v) is 7.54. The minimum atomic E-state index is -3.29. The van der Waals surface area contributed by atoms with Gasteiger partial charge in [0.25, 0.3) is 0 Å². The van der Waals surface area contributed by atoms with Gasteiger partial charge in [0.05, 0.1) is 17.5 Å². The van der Waals surface area contributed by atoms with E-state index in [2.05, 4.69) is 28.8 Å². The first kappa shape index (κ1) is 22.8. The summed E-state index contributed by atoms with van der Waals surface area (Å²) in [6.45, 7) is 10.2. The van der Waals surface area contributed by atoms with Crippen molar-refractivity contribution in [1.82, 2.24) is 9.62 Å². The summed E-state index contributed by atoms with van der Waals surface area (Å²) in [6.07, 6.45) is 1.62. The summed E-state index contributed by atoms with van der Waals surface area (Å²) in [5.41, 5.74) is 1.87. The fraction of sp³-hybridized carbons (Fsp3) is 0.667. The maximum absolute atomic E-state index is 12.6. The Bertz CT molecular complexity index is 810. The molecule has 0 radical (unpaired) electrons. The number of anilines is 2. The molecule has 9 heteroatoms. The van der Waals surface area contributed by atoms with Crippen molar-refractivity contribution in [1.29, 1.82) is 0 Å². The molecular formula is C21H34N4O4S. The van der Waals surface area contributed by atoms with E-state index in [1.165, 1.54) is 0 Å². The predicted molar refractivity (Wildman–Crippen MR) is 119 cm³/mol. The van der Waals surface area contributed by atoms with Crippen molar-refractivity contribution in [3.05, 3.63) is 24.3 Å². The molecule has 2 atom stereocenters. The van der Waals surface area contributed by atoms with Crippen molar-refractivity contribution in [2.45, 2.75) is 64.0 Å². The van der Waals surface area contributed by atoms with E-state index in [1.807, 2.05) is 24.3 Å². The number of hydrogen-bond acceptors (Lipinski definition) is 5. The lowest BCUT2D eigenvalue weighted by molar-refractivity contribution is -0.00521. The van der Waals surface area contributed by atoms with E-state index in [-0.39, 0.29) is 24.3 Å². The van der Waals surface area contributed by atoms with E-state index in [0.717, 1.165) is 24.5 Å². The molecule has 3 rings (SSSR count). The van der Waals surface area contributed by atoms with Gasteiger partial charge in [0.2, 0.25) is 10.0 Å². The molecule has 8 nitrogen and oxygen atoms in total. The lowest BCUT2D eigenvalue weighted by Crippen LogP contribution is -2.48. The molecule has 1 aromatic rings. The highest BCUT2D eigenvalue weighted by atomic mass is 32.2. The van der Waals surface area contributed by atoms with Crippen molar-refractivity contribution in [3.63, 3.8) is 0 Å². The summed E-state index contributed by atoms with van der Waals surface area (Å²) < 4.78 is 32.6. The minimum absolute atomic E-state index is 0.112. The number of nitrogens with zero attached hydrogens (tertiary/aromatic N) is 2. The fourth-order valence-electron chi connectivity index (χ4n) is 3.92. The van der Waals surface area contributed by atoms with Gasteiger partial charge in [-0.2, -0.15) is 0 Å². The van der Waals surface area contributed by atoms with Gasteiger partial charge in [-0.05, 0) is 64.8 Å². The molecule has 0 aromatic heterocycles. The molecule has 0 spiro atoms. The molecule has 0 bridgehead atoms. The summed E-state index contributed by atoms with van der Waals surface area (Å²) in [5, 5.41) is 2.49. The van der Waals surface area contributed by atoms with Gasteiger partial charge in [-0.15, -0.1) is 0 Å². The van der Waals surface area contributed by atoms with Gasteiger partial charge in [0, 0.05) is 43.6 Å². The molecule has 2 amide bonds. The number of rotatable bonds is 5. The van der Waals surface area contributed by atoms with Crippen molar-refractivity contribution < 1.29 is 17.9 Å². The fourth-order valence-corrected chi connectivity index (χ4v) is 4.89. The highest BCUT2D eigenvalue weighted by Crippen LogP contribution is 2.23. The quantitative estimate of drug-likeness (QED) is 0.738. The number of carbonyl (C=O) groups is 1. The Morgan fingerprint density at radius 1 is 1.07 bits per heavy atom. The third-order valence-electron chi connectivity index (χ3n) is 5.64. The Hall–Kier alpha value is -1.84. The lowest BCUT2D eigenvalue weighted by atomic mass is 10.1. The molecule has 1 aromatic carbocycles. The van der Waals surface area contributed by atoms with Crippen molar-refractivity contribution in [2.24, 2.45) is 0 Å². The molecule has 168 valence electrons. The Labute approximate surface area is 180 Å². The molecular weight excluding hydrogens is 404 g/mol. The van der Waals surface area contributed by atoms with Crippen LogP contribution in [0, 0.1) is 0 Å². The van der Waals surface area contributed by atoms with Gasteiger partial charge in [-0.3, -0.25) is 0 Å². The van der Waals surface area contributed by atoms with E-state index >= 15 is 0 Å². The second kappa shape index (κ2) is 9.53. The highest BCUT2D eigenvalue weighted by molar-refractivity contribution is 7.90. The normalized spacial score (nSPS) is 23.6. The first-order chi connectivity index (χ1) is 14.1.